The Morgan fingerprint density at radius 2 is 1.61 bits per heavy atom. The average molecular weight is 442 g/mol. The van der Waals surface area contributed by atoms with Crippen LogP contribution in [0.25, 0.3) is 0 Å². The van der Waals surface area contributed by atoms with Gasteiger partial charge < -0.3 is 10.2 Å². The van der Waals surface area contributed by atoms with Gasteiger partial charge in [0.1, 0.15) is 11.6 Å². The van der Waals surface area contributed by atoms with Gasteiger partial charge in [-0.05, 0) is 61.7 Å². The third-order valence-corrected chi connectivity index (χ3v) is 6.19. The van der Waals surface area contributed by atoms with Crippen LogP contribution >= 0.6 is 0 Å². The molecule has 1 fully saturated rings. The van der Waals surface area contributed by atoms with Crippen molar-refractivity contribution in [3.63, 3.8) is 0 Å². The molecule has 1 aliphatic rings. The highest BCUT2D eigenvalue weighted by Crippen LogP contribution is 2.23. The highest BCUT2D eigenvalue weighted by molar-refractivity contribution is 7.91. The monoisotopic (exact) mass is 441 g/mol. The highest BCUT2D eigenvalue weighted by atomic mass is 32.2. The smallest absolute Gasteiger partial charge is 0.236 e. The number of nitrogens with zero attached hydrogens (tertiary/aromatic N) is 3. The predicted octanol–water partition coefficient (Wildman–Crippen LogP) is 4.21. The molecule has 9 heteroatoms. The van der Waals surface area contributed by atoms with Gasteiger partial charge in [0.25, 0.3) is 0 Å². The Morgan fingerprint density at radius 1 is 0.968 bits per heavy atom. The molecule has 1 aliphatic heterocycles. The van der Waals surface area contributed by atoms with E-state index in [4.69, 9.17) is 0 Å². The number of nitrogens with one attached hydrogen (secondary N) is 2. The van der Waals surface area contributed by atoms with E-state index in [-0.39, 0.29) is 5.75 Å². The van der Waals surface area contributed by atoms with Crippen molar-refractivity contribution >= 4 is 33.2 Å². The number of hydrogen-bond donors (Lipinski definition) is 2. The van der Waals surface area contributed by atoms with Gasteiger partial charge in [-0.3, -0.25) is 4.72 Å². The van der Waals surface area contributed by atoms with Crippen LogP contribution in [0.3, 0.4) is 0 Å². The second-order valence-electron chi connectivity index (χ2n) is 7.58. The maximum Gasteiger partial charge on any atom is 0.236 e. The molecule has 0 saturated carbocycles. The summed E-state index contributed by atoms with van der Waals surface area (Å²) in [6.07, 6.45) is 2.30. The van der Waals surface area contributed by atoms with Crippen LogP contribution in [0.1, 0.15) is 24.1 Å². The number of aromatic nitrogens is 2. The Morgan fingerprint density at radius 3 is 2.29 bits per heavy atom. The minimum absolute atomic E-state index is 0.229. The molecule has 31 heavy (non-hydrogen) atoms. The fraction of sp³-hybridized carbons (Fsp3) is 0.273. The second-order valence-corrected chi connectivity index (χ2v) is 9.30. The van der Waals surface area contributed by atoms with Crippen LogP contribution in [0, 0.1) is 12.7 Å². The van der Waals surface area contributed by atoms with Gasteiger partial charge in [-0.25, -0.2) is 17.8 Å². The molecular weight excluding hydrogens is 417 g/mol. The molecule has 0 unspecified atom stereocenters. The first-order valence-corrected chi connectivity index (χ1v) is 11.7. The van der Waals surface area contributed by atoms with E-state index in [2.05, 4.69) is 24.9 Å². The summed E-state index contributed by atoms with van der Waals surface area (Å²) in [5.41, 5.74) is 2.63. The van der Waals surface area contributed by atoms with E-state index in [1.807, 2.05) is 13.0 Å². The van der Waals surface area contributed by atoms with E-state index in [1.54, 1.807) is 24.3 Å². The quantitative estimate of drug-likeness (QED) is 0.571. The van der Waals surface area contributed by atoms with Crippen LogP contribution in [0.5, 0.6) is 0 Å². The van der Waals surface area contributed by atoms with Crippen LogP contribution in [-0.4, -0.2) is 31.5 Å². The molecule has 162 valence electrons. The summed E-state index contributed by atoms with van der Waals surface area (Å²) in [5, 5.41) is 3.25. The molecule has 2 aromatic carbocycles. The Hall–Kier alpha value is -3.20. The largest absolute Gasteiger partial charge is 0.341 e. The molecule has 0 aliphatic carbocycles. The Balaban J connectivity index is 1.42. The number of rotatable bonds is 7. The van der Waals surface area contributed by atoms with E-state index in [0.29, 0.717) is 17.1 Å². The van der Waals surface area contributed by atoms with Crippen molar-refractivity contribution in [2.75, 3.05) is 28.0 Å². The van der Waals surface area contributed by atoms with E-state index < -0.39 is 15.8 Å². The lowest BCUT2D eigenvalue weighted by Crippen LogP contribution is -2.21. The van der Waals surface area contributed by atoms with Gasteiger partial charge in [0.05, 0.1) is 5.75 Å². The molecule has 7 nitrogen and oxygen atoms in total. The van der Waals surface area contributed by atoms with Gasteiger partial charge in [0.2, 0.25) is 16.0 Å². The van der Waals surface area contributed by atoms with E-state index >= 15 is 0 Å². The summed E-state index contributed by atoms with van der Waals surface area (Å²) < 4.78 is 40.3. The van der Waals surface area contributed by atoms with E-state index in [9.17, 15) is 12.8 Å². The zero-order valence-electron chi connectivity index (χ0n) is 17.2. The molecule has 0 amide bonds. The second kappa shape index (κ2) is 8.89. The summed E-state index contributed by atoms with van der Waals surface area (Å²) in [4.78, 5) is 11.3. The number of sulfonamides is 1. The molecule has 0 bridgehead atoms. The maximum absolute atomic E-state index is 13.0. The summed E-state index contributed by atoms with van der Waals surface area (Å²) >= 11 is 0. The van der Waals surface area contributed by atoms with Crippen molar-refractivity contribution in [3.05, 3.63) is 71.7 Å². The highest BCUT2D eigenvalue weighted by Gasteiger charge is 2.16. The van der Waals surface area contributed by atoms with Crippen molar-refractivity contribution in [1.29, 1.82) is 0 Å². The van der Waals surface area contributed by atoms with Crippen LogP contribution < -0.4 is 14.9 Å². The van der Waals surface area contributed by atoms with Gasteiger partial charge in [0, 0.05) is 36.2 Å². The number of benzene rings is 2. The minimum Gasteiger partial charge on any atom is -0.341 e. The van der Waals surface area contributed by atoms with Gasteiger partial charge in [-0.2, -0.15) is 4.98 Å². The van der Waals surface area contributed by atoms with Crippen LogP contribution in [0.4, 0.5) is 27.5 Å². The zero-order chi connectivity index (χ0) is 21.8. The lowest BCUT2D eigenvalue weighted by Gasteiger charge is -2.17. The number of hydrogen-bond acceptors (Lipinski definition) is 6. The third kappa shape index (κ3) is 5.69. The van der Waals surface area contributed by atoms with Gasteiger partial charge in [0.15, 0.2) is 0 Å². The summed E-state index contributed by atoms with van der Waals surface area (Å²) in [6.45, 7) is 3.87. The van der Waals surface area contributed by atoms with Crippen LogP contribution in [-0.2, 0) is 15.8 Å². The molecule has 1 aromatic heterocycles. The Kier molecular flexibility index (Phi) is 6.03. The molecule has 2 N–H and O–H groups in total. The van der Waals surface area contributed by atoms with E-state index in [0.717, 1.165) is 43.3 Å². The lowest BCUT2D eigenvalue weighted by molar-refractivity contribution is 0.600. The third-order valence-electron chi connectivity index (χ3n) is 4.93. The van der Waals surface area contributed by atoms with Gasteiger partial charge in [-0.15, -0.1) is 0 Å². The molecule has 4 rings (SSSR count). The van der Waals surface area contributed by atoms with Crippen molar-refractivity contribution < 1.29 is 12.8 Å². The van der Waals surface area contributed by atoms with Gasteiger partial charge >= 0.3 is 0 Å². The average Bonchev–Trinajstić information content (AvgIpc) is 3.25. The topological polar surface area (TPSA) is 87.2 Å². The molecule has 0 spiro atoms. The number of anilines is 4. The van der Waals surface area contributed by atoms with Crippen molar-refractivity contribution in [3.8, 4) is 0 Å². The molecule has 2 heterocycles. The van der Waals surface area contributed by atoms with Crippen LogP contribution in [0.2, 0.25) is 0 Å². The molecule has 0 atom stereocenters. The Labute approximate surface area is 181 Å². The first-order valence-electron chi connectivity index (χ1n) is 10.1. The van der Waals surface area contributed by atoms with Crippen molar-refractivity contribution in [2.24, 2.45) is 0 Å². The fourth-order valence-corrected chi connectivity index (χ4v) is 4.66. The van der Waals surface area contributed by atoms with Crippen LogP contribution in [0.15, 0.2) is 54.6 Å². The first kappa shape index (κ1) is 21.0. The Bertz CT molecular complexity index is 1150. The van der Waals surface area contributed by atoms with E-state index in [1.165, 1.54) is 24.3 Å². The predicted molar refractivity (Wildman–Crippen MR) is 121 cm³/mol. The molecule has 0 radical (unpaired) electrons. The van der Waals surface area contributed by atoms with Gasteiger partial charge in [-0.1, -0.05) is 12.1 Å². The minimum atomic E-state index is -3.61. The normalized spacial score (nSPS) is 13.9. The maximum atomic E-state index is 13.0. The van der Waals surface area contributed by atoms with Crippen molar-refractivity contribution in [1.82, 2.24) is 9.97 Å². The van der Waals surface area contributed by atoms with Crippen molar-refractivity contribution in [2.45, 2.75) is 25.5 Å². The zero-order valence-corrected chi connectivity index (χ0v) is 18.0. The standard InChI is InChI=1S/C22H24FN5O2S/c1-16-14-21(26-22(24-16)28-12-2-3-13-28)25-19-8-10-20(11-9-19)27-31(29,30)15-17-4-6-18(23)7-5-17/h4-11,14,27H,2-3,12-13,15H2,1H3,(H,24,25,26). The SMILES string of the molecule is Cc1cc(Nc2ccc(NS(=O)(=O)Cc3ccc(F)cc3)cc2)nc(N2CCCC2)n1. The molecule has 3 aromatic rings. The first-order chi connectivity index (χ1) is 14.9. The molecule has 1 saturated heterocycles. The number of halogens is 1. The fourth-order valence-electron chi connectivity index (χ4n) is 3.46. The summed E-state index contributed by atoms with van der Waals surface area (Å²) in [6, 6.07) is 14.2. The summed E-state index contributed by atoms with van der Waals surface area (Å²) in [7, 11) is -3.61. The number of aryl methyl sites for hydroxylation is 1. The molecular formula is C22H24FN5O2S. The lowest BCUT2D eigenvalue weighted by atomic mass is 10.2. The summed E-state index contributed by atoms with van der Waals surface area (Å²) in [5.74, 6) is 0.792.